The SMILES string of the molecule is COc1ccc(O)c(NC(=O)C2CC23CCNCC3)c1. The zero-order chi connectivity index (χ0) is 14.2. The summed E-state index contributed by atoms with van der Waals surface area (Å²) in [5.41, 5.74) is 0.620. The maximum atomic E-state index is 12.3. The summed E-state index contributed by atoms with van der Waals surface area (Å²) in [5, 5.41) is 16.0. The van der Waals surface area contributed by atoms with Gasteiger partial charge in [-0.3, -0.25) is 4.79 Å². The molecule has 0 bridgehead atoms. The van der Waals surface area contributed by atoms with E-state index in [4.69, 9.17) is 4.74 Å². The van der Waals surface area contributed by atoms with E-state index in [-0.39, 0.29) is 23.0 Å². The first-order valence-electron chi connectivity index (χ1n) is 7.03. The Bertz CT molecular complexity index is 524. The minimum atomic E-state index is 0.00968. The van der Waals surface area contributed by atoms with Gasteiger partial charge in [-0.05, 0) is 49.9 Å². The summed E-state index contributed by atoms with van der Waals surface area (Å²) >= 11 is 0. The number of methoxy groups -OCH3 is 1. The number of ether oxygens (including phenoxy) is 1. The Hall–Kier alpha value is -1.75. The van der Waals surface area contributed by atoms with Crippen LogP contribution in [0.2, 0.25) is 0 Å². The van der Waals surface area contributed by atoms with Crippen LogP contribution >= 0.6 is 0 Å². The highest BCUT2D eigenvalue weighted by atomic mass is 16.5. The lowest BCUT2D eigenvalue weighted by Gasteiger charge is -2.23. The number of carbonyl (C=O) groups is 1. The molecule has 1 unspecified atom stereocenters. The van der Waals surface area contributed by atoms with Gasteiger partial charge in [0.15, 0.2) is 0 Å². The molecule has 1 atom stereocenters. The molecule has 0 radical (unpaired) electrons. The summed E-state index contributed by atoms with van der Waals surface area (Å²) in [4.78, 5) is 12.3. The molecule has 2 aliphatic rings. The average molecular weight is 276 g/mol. The number of phenols is 1. The first kappa shape index (κ1) is 13.2. The van der Waals surface area contributed by atoms with Crippen LogP contribution in [0.25, 0.3) is 0 Å². The van der Waals surface area contributed by atoms with Gasteiger partial charge in [0.25, 0.3) is 0 Å². The lowest BCUT2D eigenvalue weighted by molar-refractivity contribution is -0.118. The molecular weight excluding hydrogens is 256 g/mol. The summed E-state index contributed by atoms with van der Waals surface area (Å²) in [6, 6.07) is 4.84. The van der Waals surface area contributed by atoms with Crippen LogP contribution in [-0.4, -0.2) is 31.2 Å². The van der Waals surface area contributed by atoms with Crippen molar-refractivity contribution in [1.29, 1.82) is 0 Å². The second-order valence-electron chi connectivity index (χ2n) is 5.74. The van der Waals surface area contributed by atoms with E-state index in [0.29, 0.717) is 11.4 Å². The number of hydrogen-bond acceptors (Lipinski definition) is 4. The van der Waals surface area contributed by atoms with E-state index >= 15 is 0 Å². The Morgan fingerprint density at radius 3 is 2.90 bits per heavy atom. The molecule has 3 rings (SSSR count). The van der Waals surface area contributed by atoms with Crippen molar-refractivity contribution in [3.05, 3.63) is 18.2 Å². The molecule has 1 heterocycles. The van der Waals surface area contributed by atoms with E-state index in [2.05, 4.69) is 10.6 Å². The molecule has 2 fully saturated rings. The lowest BCUT2D eigenvalue weighted by Crippen LogP contribution is -2.31. The van der Waals surface area contributed by atoms with Crippen molar-refractivity contribution >= 4 is 11.6 Å². The molecule has 3 N–H and O–H groups in total. The third kappa shape index (κ3) is 2.33. The van der Waals surface area contributed by atoms with Crippen molar-refractivity contribution in [3.8, 4) is 11.5 Å². The standard InChI is InChI=1S/C15H20N2O3/c1-20-10-2-3-13(18)12(8-10)17-14(19)11-9-15(11)4-6-16-7-5-15/h2-3,8,11,16,18H,4-7,9H2,1H3,(H,17,19). The first-order valence-corrected chi connectivity index (χ1v) is 7.03. The molecule has 1 amide bonds. The summed E-state index contributed by atoms with van der Waals surface area (Å²) in [6.07, 6.45) is 3.09. The first-order chi connectivity index (χ1) is 9.64. The zero-order valence-electron chi connectivity index (χ0n) is 11.6. The maximum absolute atomic E-state index is 12.3. The van der Waals surface area contributed by atoms with Gasteiger partial charge in [0.1, 0.15) is 11.5 Å². The molecule has 1 aliphatic heterocycles. The molecule has 5 nitrogen and oxygen atoms in total. The Kier molecular flexibility index (Phi) is 3.30. The van der Waals surface area contributed by atoms with Crippen molar-refractivity contribution in [1.82, 2.24) is 5.32 Å². The van der Waals surface area contributed by atoms with Gasteiger partial charge in [-0.1, -0.05) is 0 Å². The van der Waals surface area contributed by atoms with E-state index in [9.17, 15) is 9.90 Å². The molecule has 5 heteroatoms. The Labute approximate surface area is 118 Å². The second kappa shape index (κ2) is 4.98. The molecule has 0 aromatic heterocycles. The molecular formula is C15H20N2O3. The number of amides is 1. The van der Waals surface area contributed by atoms with Crippen molar-refractivity contribution < 1.29 is 14.6 Å². The fourth-order valence-corrected chi connectivity index (χ4v) is 3.16. The van der Waals surface area contributed by atoms with Crippen LogP contribution < -0.4 is 15.4 Å². The third-order valence-corrected chi connectivity index (χ3v) is 4.57. The van der Waals surface area contributed by atoms with Gasteiger partial charge >= 0.3 is 0 Å². The highest BCUT2D eigenvalue weighted by Gasteiger charge is 2.57. The monoisotopic (exact) mass is 276 g/mol. The van der Waals surface area contributed by atoms with E-state index in [1.165, 1.54) is 6.07 Å². The molecule has 1 aromatic rings. The van der Waals surface area contributed by atoms with Gasteiger partial charge in [0, 0.05) is 12.0 Å². The van der Waals surface area contributed by atoms with Gasteiger partial charge in [0.2, 0.25) is 5.91 Å². The highest BCUT2D eigenvalue weighted by molar-refractivity contribution is 5.96. The minimum Gasteiger partial charge on any atom is -0.506 e. The van der Waals surface area contributed by atoms with Gasteiger partial charge in [-0.2, -0.15) is 0 Å². The second-order valence-corrected chi connectivity index (χ2v) is 5.74. The van der Waals surface area contributed by atoms with Crippen LogP contribution in [0.4, 0.5) is 5.69 Å². The van der Waals surface area contributed by atoms with Crippen LogP contribution in [0.5, 0.6) is 11.5 Å². The zero-order valence-corrected chi connectivity index (χ0v) is 11.6. The number of phenolic OH excluding ortho intramolecular Hbond substituents is 1. The fraction of sp³-hybridized carbons (Fsp3) is 0.533. The largest absolute Gasteiger partial charge is 0.506 e. The van der Waals surface area contributed by atoms with Crippen LogP contribution in [0, 0.1) is 11.3 Å². The summed E-state index contributed by atoms with van der Waals surface area (Å²) < 4.78 is 5.11. The topological polar surface area (TPSA) is 70.6 Å². The number of carbonyl (C=O) groups excluding carboxylic acids is 1. The van der Waals surface area contributed by atoms with E-state index in [1.54, 1.807) is 19.2 Å². The molecule has 1 aliphatic carbocycles. The fourth-order valence-electron chi connectivity index (χ4n) is 3.16. The predicted octanol–water partition coefficient (Wildman–Crippen LogP) is 1.73. The quantitative estimate of drug-likeness (QED) is 0.735. The lowest BCUT2D eigenvalue weighted by atomic mass is 9.92. The van der Waals surface area contributed by atoms with Crippen molar-refractivity contribution in [2.45, 2.75) is 19.3 Å². The average Bonchev–Trinajstić information content (AvgIpc) is 3.15. The van der Waals surface area contributed by atoms with Crippen molar-refractivity contribution in [2.75, 3.05) is 25.5 Å². The molecule has 108 valence electrons. The van der Waals surface area contributed by atoms with Gasteiger partial charge in [0.05, 0.1) is 12.8 Å². The van der Waals surface area contributed by atoms with Crippen LogP contribution in [0.1, 0.15) is 19.3 Å². The molecule has 1 saturated heterocycles. The smallest absolute Gasteiger partial charge is 0.228 e. The summed E-state index contributed by atoms with van der Waals surface area (Å²) in [7, 11) is 1.56. The van der Waals surface area contributed by atoms with E-state index in [0.717, 1.165) is 32.4 Å². The highest BCUT2D eigenvalue weighted by Crippen LogP contribution is 2.58. The number of aromatic hydroxyl groups is 1. The van der Waals surface area contributed by atoms with Crippen LogP contribution in [0.3, 0.4) is 0 Å². The third-order valence-electron chi connectivity index (χ3n) is 4.57. The Balaban J connectivity index is 1.68. The molecule has 1 spiro atoms. The number of benzene rings is 1. The van der Waals surface area contributed by atoms with Crippen LogP contribution in [0.15, 0.2) is 18.2 Å². The summed E-state index contributed by atoms with van der Waals surface area (Å²) in [6.45, 7) is 1.99. The number of rotatable bonds is 3. The Morgan fingerprint density at radius 2 is 2.20 bits per heavy atom. The van der Waals surface area contributed by atoms with Gasteiger partial charge in [-0.15, -0.1) is 0 Å². The normalized spacial score (nSPS) is 23.4. The number of hydrogen-bond donors (Lipinski definition) is 3. The number of anilines is 1. The van der Waals surface area contributed by atoms with Gasteiger partial charge < -0.3 is 20.5 Å². The summed E-state index contributed by atoms with van der Waals surface area (Å²) in [5.74, 6) is 0.773. The maximum Gasteiger partial charge on any atom is 0.228 e. The van der Waals surface area contributed by atoms with E-state index in [1.807, 2.05) is 0 Å². The molecule has 1 aromatic carbocycles. The van der Waals surface area contributed by atoms with Crippen molar-refractivity contribution in [2.24, 2.45) is 11.3 Å². The Morgan fingerprint density at radius 1 is 1.45 bits per heavy atom. The number of nitrogens with one attached hydrogen (secondary N) is 2. The molecule has 1 saturated carbocycles. The van der Waals surface area contributed by atoms with E-state index < -0.39 is 0 Å². The minimum absolute atomic E-state index is 0.00968. The predicted molar refractivity (Wildman–Crippen MR) is 75.9 cm³/mol. The van der Waals surface area contributed by atoms with Crippen molar-refractivity contribution in [3.63, 3.8) is 0 Å². The van der Waals surface area contributed by atoms with Crippen LogP contribution in [-0.2, 0) is 4.79 Å². The molecule has 20 heavy (non-hydrogen) atoms. The van der Waals surface area contributed by atoms with Gasteiger partial charge in [-0.25, -0.2) is 0 Å². The number of piperidine rings is 1.